The number of rotatable bonds is 6. The summed E-state index contributed by atoms with van der Waals surface area (Å²) in [6, 6.07) is 0.370. The number of ether oxygens (including phenoxy) is 2. The predicted molar refractivity (Wildman–Crippen MR) is 69.8 cm³/mol. The largest absolute Gasteiger partial charge is 0.356 e. The van der Waals surface area contributed by atoms with E-state index in [0.29, 0.717) is 12.6 Å². The lowest BCUT2D eigenvalue weighted by Gasteiger charge is -2.40. The second kappa shape index (κ2) is 7.31. The molecule has 1 saturated heterocycles. The predicted octanol–water partition coefficient (Wildman–Crippen LogP) is 1.30. The third kappa shape index (κ3) is 4.21. The third-order valence-electron chi connectivity index (χ3n) is 4.14. The van der Waals surface area contributed by atoms with E-state index in [1.54, 1.807) is 14.2 Å². The van der Waals surface area contributed by atoms with Crippen molar-refractivity contribution in [3.63, 3.8) is 0 Å². The lowest BCUT2D eigenvalue weighted by Crippen LogP contribution is -2.49. The number of methoxy groups -OCH3 is 2. The van der Waals surface area contributed by atoms with Gasteiger partial charge in [-0.3, -0.25) is 4.90 Å². The molecule has 0 aromatic rings. The van der Waals surface area contributed by atoms with Crippen LogP contribution in [0, 0.1) is 11.8 Å². The summed E-state index contributed by atoms with van der Waals surface area (Å²) in [6.07, 6.45) is 1.98. The Kier molecular flexibility index (Phi) is 6.41. The van der Waals surface area contributed by atoms with Gasteiger partial charge in [0.25, 0.3) is 0 Å². The smallest absolute Gasteiger partial charge is 0.158 e. The number of piperidine rings is 1. The number of hydrogen-bond acceptors (Lipinski definition) is 4. The SMILES string of the molecule is COC(CC(CN)N1CCC(C)C(C)C1)OC. The molecule has 3 unspecified atom stereocenters. The van der Waals surface area contributed by atoms with E-state index in [9.17, 15) is 0 Å². The van der Waals surface area contributed by atoms with Gasteiger partial charge >= 0.3 is 0 Å². The fourth-order valence-corrected chi connectivity index (χ4v) is 2.53. The number of nitrogens with two attached hydrogens (primary N) is 1. The molecule has 0 bridgehead atoms. The highest BCUT2D eigenvalue weighted by atomic mass is 16.7. The maximum atomic E-state index is 5.89. The molecule has 1 rings (SSSR count). The van der Waals surface area contributed by atoms with Crippen LogP contribution in [0.3, 0.4) is 0 Å². The lowest BCUT2D eigenvalue weighted by molar-refractivity contribution is -0.118. The van der Waals surface area contributed by atoms with Crippen LogP contribution in [0.5, 0.6) is 0 Å². The number of hydrogen-bond donors (Lipinski definition) is 1. The van der Waals surface area contributed by atoms with Crippen LogP contribution in [0.15, 0.2) is 0 Å². The zero-order chi connectivity index (χ0) is 12.8. The second-order valence-electron chi connectivity index (χ2n) is 5.26. The first-order valence-corrected chi connectivity index (χ1v) is 6.62. The van der Waals surface area contributed by atoms with Crippen LogP contribution in [0.2, 0.25) is 0 Å². The minimum Gasteiger partial charge on any atom is -0.356 e. The minimum atomic E-state index is -0.141. The summed E-state index contributed by atoms with van der Waals surface area (Å²) < 4.78 is 10.5. The van der Waals surface area contributed by atoms with Crippen LogP contribution in [-0.2, 0) is 9.47 Å². The zero-order valence-electron chi connectivity index (χ0n) is 11.7. The van der Waals surface area contributed by atoms with Gasteiger partial charge in [-0.05, 0) is 24.8 Å². The number of likely N-dealkylation sites (tertiary alicyclic amines) is 1. The Morgan fingerprint density at radius 2 is 1.88 bits per heavy atom. The van der Waals surface area contributed by atoms with Gasteiger partial charge in [-0.1, -0.05) is 13.8 Å². The third-order valence-corrected chi connectivity index (χ3v) is 4.14. The van der Waals surface area contributed by atoms with Crippen molar-refractivity contribution >= 4 is 0 Å². The minimum absolute atomic E-state index is 0.141. The van der Waals surface area contributed by atoms with Gasteiger partial charge in [-0.25, -0.2) is 0 Å². The monoisotopic (exact) mass is 244 g/mol. The highest BCUT2D eigenvalue weighted by molar-refractivity contribution is 4.81. The van der Waals surface area contributed by atoms with Gasteiger partial charge < -0.3 is 15.2 Å². The summed E-state index contributed by atoms with van der Waals surface area (Å²) in [7, 11) is 3.37. The van der Waals surface area contributed by atoms with E-state index in [-0.39, 0.29) is 6.29 Å². The average molecular weight is 244 g/mol. The molecule has 0 amide bonds. The van der Waals surface area contributed by atoms with Crippen molar-refractivity contribution in [1.29, 1.82) is 0 Å². The molecule has 3 atom stereocenters. The van der Waals surface area contributed by atoms with Crippen LogP contribution in [0.25, 0.3) is 0 Å². The molecule has 102 valence electrons. The molecule has 0 aliphatic carbocycles. The van der Waals surface area contributed by atoms with Crippen molar-refractivity contribution in [3.05, 3.63) is 0 Å². The Labute approximate surface area is 105 Å². The van der Waals surface area contributed by atoms with Crippen molar-refractivity contribution in [2.45, 2.75) is 39.0 Å². The molecule has 2 N–H and O–H groups in total. The normalized spacial score (nSPS) is 28.6. The quantitative estimate of drug-likeness (QED) is 0.716. The summed E-state index contributed by atoms with van der Waals surface area (Å²) in [5.74, 6) is 1.58. The first kappa shape index (κ1) is 14.9. The maximum absolute atomic E-state index is 5.89. The summed E-state index contributed by atoms with van der Waals surface area (Å²) in [5, 5.41) is 0. The standard InChI is InChI=1S/C13H28N2O2/c1-10-5-6-15(9-11(10)2)12(8-14)7-13(16-3)17-4/h10-13H,5-9,14H2,1-4H3. The molecule has 0 spiro atoms. The zero-order valence-corrected chi connectivity index (χ0v) is 11.7. The van der Waals surface area contributed by atoms with Crippen molar-refractivity contribution < 1.29 is 9.47 Å². The maximum Gasteiger partial charge on any atom is 0.158 e. The van der Waals surface area contributed by atoms with Crippen molar-refractivity contribution in [1.82, 2.24) is 4.90 Å². The van der Waals surface area contributed by atoms with Gasteiger partial charge in [0.15, 0.2) is 6.29 Å². The molecule has 1 aliphatic rings. The molecule has 4 nitrogen and oxygen atoms in total. The van der Waals surface area contributed by atoms with Gasteiger partial charge in [-0.15, -0.1) is 0 Å². The highest BCUT2D eigenvalue weighted by Gasteiger charge is 2.28. The Hall–Kier alpha value is -0.160. The summed E-state index contributed by atoms with van der Waals surface area (Å²) in [6.45, 7) is 7.63. The van der Waals surface area contributed by atoms with E-state index in [0.717, 1.165) is 31.3 Å². The molecule has 4 heteroatoms. The van der Waals surface area contributed by atoms with Crippen LogP contribution in [0.1, 0.15) is 26.7 Å². The van der Waals surface area contributed by atoms with E-state index in [4.69, 9.17) is 15.2 Å². The molecule has 17 heavy (non-hydrogen) atoms. The lowest BCUT2D eigenvalue weighted by atomic mass is 9.87. The van der Waals surface area contributed by atoms with Gasteiger partial charge in [0, 0.05) is 39.8 Å². The Bertz CT molecular complexity index is 210. The fourth-order valence-electron chi connectivity index (χ4n) is 2.53. The van der Waals surface area contributed by atoms with E-state index >= 15 is 0 Å². The average Bonchev–Trinajstić information content (AvgIpc) is 2.35. The molecule has 1 fully saturated rings. The van der Waals surface area contributed by atoms with Gasteiger partial charge in [0.1, 0.15) is 0 Å². The van der Waals surface area contributed by atoms with E-state index in [1.807, 2.05) is 0 Å². The summed E-state index contributed by atoms with van der Waals surface area (Å²) in [4.78, 5) is 2.50. The van der Waals surface area contributed by atoms with E-state index < -0.39 is 0 Å². The van der Waals surface area contributed by atoms with Crippen molar-refractivity contribution in [3.8, 4) is 0 Å². The topological polar surface area (TPSA) is 47.7 Å². The van der Waals surface area contributed by atoms with E-state index in [2.05, 4.69) is 18.7 Å². The Morgan fingerprint density at radius 1 is 1.24 bits per heavy atom. The summed E-state index contributed by atoms with van der Waals surface area (Å²) >= 11 is 0. The Balaban J connectivity index is 2.49. The van der Waals surface area contributed by atoms with Crippen molar-refractivity contribution in [2.75, 3.05) is 33.9 Å². The van der Waals surface area contributed by atoms with E-state index in [1.165, 1.54) is 6.42 Å². The summed E-state index contributed by atoms with van der Waals surface area (Å²) in [5.41, 5.74) is 5.89. The van der Waals surface area contributed by atoms with Crippen LogP contribution < -0.4 is 5.73 Å². The molecule has 1 aliphatic heterocycles. The molecule has 0 aromatic heterocycles. The molecule has 0 radical (unpaired) electrons. The highest BCUT2D eigenvalue weighted by Crippen LogP contribution is 2.25. The van der Waals surface area contributed by atoms with Crippen LogP contribution >= 0.6 is 0 Å². The first-order valence-electron chi connectivity index (χ1n) is 6.62. The first-order chi connectivity index (χ1) is 8.12. The Morgan fingerprint density at radius 3 is 2.35 bits per heavy atom. The van der Waals surface area contributed by atoms with Crippen LogP contribution in [0.4, 0.5) is 0 Å². The molecule has 0 saturated carbocycles. The molecular formula is C13H28N2O2. The molecule has 1 heterocycles. The van der Waals surface area contributed by atoms with Gasteiger partial charge in [0.05, 0.1) is 0 Å². The molecular weight excluding hydrogens is 216 g/mol. The molecule has 0 aromatic carbocycles. The number of nitrogens with zero attached hydrogens (tertiary/aromatic N) is 1. The van der Waals surface area contributed by atoms with Crippen LogP contribution in [-0.4, -0.2) is 51.1 Å². The fraction of sp³-hybridized carbons (Fsp3) is 1.00. The van der Waals surface area contributed by atoms with Crippen molar-refractivity contribution in [2.24, 2.45) is 17.6 Å². The van der Waals surface area contributed by atoms with Gasteiger partial charge in [0.2, 0.25) is 0 Å². The van der Waals surface area contributed by atoms with Gasteiger partial charge in [-0.2, -0.15) is 0 Å². The second-order valence-corrected chi connectivity index (χ2v) is 5.26.